The van der Waals surface area contributed by atoms with Gasteiger partial charge in [0.15, 0.2) is 5.11 Å². The zero-order valence-electron chi connectivity index (χ0n) is 14.5. The third-order valence-corrected chi connectivity index (χ3v) is 5.40. The molecule has 0 heterocycles. The zero-order chi connectivity index (χ0) is 18.4. The molecule has 4 nitrogen and oxygen atoms in total. The molecule has 2 aromatic carbocycles. The van der Waals surface area contributed by atoms with E-state index in [1.54, 1.807) is 18.2 Å². The number of thiocarbonyl (C=S) groups is 1. The zero-order valence-corrected chi connectivity index (χ0v) is 17.5. The number of rotatable bonds is 5. The van der Waals surface area contributed by atoms with Crippen LogP contribution in [0.25, 0.3) is 0 Å². The highest BCUT2D eigenvalue weighted by atomic mass is 127. The Balaban J connectivity index is 2.02. The van der Waals surface area contributed by atoms with Crippen molar-refractivity contribution in [2.45, 2.75) is 27.2 Å². The van der Waals surface area contributed by atoms with Crippen LogP contribution in [0.1, 0.15) is 34.8 Å². The molecule has 0 radical (unpaired) electrons. The third-order valence-electron chi connectivity index (χ3n) is 3.49. The van der Waals surface area contributed by atoms with Crippen molar-refractivity contribution >= 4 is 51.5 Å². The van der Waals surface area contributed by atoms with Crippen LogP contribution < -0.4 is 15.4 Å². The summed E-state index contributed by atoms with van der Waals surface area (Å²) in [6.07, 6.45) is 0.916. The molecule has 0 aliphatic rings. The van der Waals surface area contributed by atoms with Gasteiger partial charge in [0.05, 0.1) is 6.61 Å². The van der Waals surface area contributed by atoms with Crippen LogP contribution in [-0.2, 0) is 0 Å². The molecule has 0 aliphatic heterocycles. The van der Waals surface area contributed by atoms with Crippen LogP contribution >= 0.6 is 34.8 Å². The van der Waals surface area contributed by atoms with E-state index in [9.17, 15) is 4.79 Å². The number of carbonyl (C=O) groups excluding carboxylic acids is 1. The van der Waals surface area contributed by atoms with Crippen LogP contribution in [-0.4, -0.2) is 17.6 Å². The molecule has 0 unspecified atom stereocenters. The Bertz CT molecular complexity index is 770. The van der Waals surface area contributed by atoms with Gasteiger partial charge in [-0.25, -0.2) is 0 Å². The highest BCUT2D eigenvalue weighted by Gasteiger charge is 2.10. The molecule has 0 fully saturated rings. The average molecular weight is 468 g/mol. The van der Waals surface area contributed by atoms with E-state index in [1.165, 1.54) is 3.57 Å². The van der Waals surface area contributed by atoms with Gasteiger partial charge in [-0.3, -0.25) is 10.1 Å². The molecule has 1 amide bonds. The average Bonchev–Trinajstić information content (AvgIpc) is 2.57. The van der Waals surface area contributed by atoms with Gasteiger partial charge in [0.25, 0.3) is 5.91 Å². The van der Waals surface area contributed by atoms with E-state index in [0.717, 1.165) is 23.2 Å². The Morgan fingerprint density at radius 2 is 1.88 bits per heavy atom. The molecule has 0 aliphatic carbocycles. The van der Waals surface area contributed by atoms with Crippen molar-refractivity contribution in [2.75, 3.05) is 11.9 Å². The molecule has 0 atom stereocenters. The van der Waals surface area contributed by atoms with E-state index < -0.39 is 0 Å². The van der Waals surface area contributed by atoms with E-state index >= 15 is 0 Å². The van der Waals surface area contributed by atoms with Crippen molar-refractivity contribution < 1.29 is 9.53 Å². The number of hydrogen-bond acceptors (Lipinski definition) is 3. The van der Waals surface area contributed by atoms with Crippen LogP contribution in [0.3, 0.4) is 0 Å². The monoisotopic (exact) mass is 468 g/mol. The second-order valence-corrected chi connectivity index (χ2v) is 7.20. The molecule has 132 valence electrons. The summed E-state index contributed by atoms with van der Waals surface area (Å²) < 4.78 is 6.78. The van der Waals surface area contributed by atoms with E-state index in [2.05, 4.69) is 33.2 Å². The summed E-state index contributed by atoms with van der Waals surface area (Å²) >= 11 is 7.58. The molecule has 0 aromatic heterocycles. The van der Waals surface area contributed by atoms with Crippen LogP contribution in [0.5, 0.6) is 5.75 Å². The second kappa shape index (κ2) is 9.15. The van der Waals surface area contributed by atoms with Crippen molar-refractivity contribution in [3.63, 3.8) is 0 Å². The Morgan fingerprint density at radius 3 is 2.52 bits per heavy atom. The Labute approximate surface area is 167 Å². The number of aryl methyl sites for hydroxylation is 2. The van der Waals surface area contributed by atoms with Gasteiger partial charge in [0, 0.05) is 14.8 Å². The summed E-state index contributed by atoms with van der Waals surface area (Å²) in [5.41, 5.74) is 3.70. The predicted octanol–water partition coefficient (Wildman–Crippen LogP) is 4.82. The molecule has 2 rings (SSSR count). The molecule has 25 heavy (non-hydrogen) atoms. The van der Waals surface area contributed by atoms with Crippen LogP contribution in [0, 0.1) is 17.4 Å². The fourth-order valence-electron chi connectivity index (χ4n) is 2.30. The summed E-state index contributed by atoms with van der Waals surface area (Å²) in [5.74, 6) is 0.413. The van der Waals surface area contributed by atoms with Gasteiger partial charge in [-0.05, 0) is 96.5 Å². The van der Waals surface area contributed by atoms with Gasteiger partial charge in [-0.1, -0.05) is 13.0 Å². The van der Waals surface area contributed by atoms with Gasteiger partial charge in [-0.15, -0.1) is 0 Å². The number of hydrogen-bond donors (Lipinski definition) is 2. The number of amides is 1. The number of halogens is 1. The van der Waals surface area contributed by atoms with Crippen LogP contribution in [0.15, 0.2) is 36.4 Å². The van der Waals surface area contributed by atoms with Gasteiger partial charge in [0.2, 0.25) is 0 Å². The van der Waals surface area contributed by atoms with Crippen LogP contribution in [0.4, 0.5) is 5.69 Å². The molecule has 0 saturated heterocycles. The molecule has 2 N–H and O–H groups in total. The fraction of sp³-hybridized carbons (Fsp3) is 0.263. The topological polar surface area (TPSA) is 50.4 Å². The van der Waals surface area contributed by atoms with Gasteiger partial charge >= 0.3 is 0 Å². The highest BCUT2D eigenvalue weighted by molar-refractivity contribution is 14.1. The quantitative estimate of drug-likeness (QED) is 0.488. The number of carbonyl (C=O) groups is 1. The first-order chi connectivity index (χ1) is 11.9. The minimum atomic E-state index is -0.265. The number of nitrogens with one attached hydrogen (secondary N) is 2. The molecule has 6 heteroatoms. The van der Waals surface area contributed by atoms with E-state index in [1.807, 2.05) is 39.0 Å². The number of anilines is 1. The minimum Gasteiger partial charge on any atom is -0.494 e. The number of ether oxygens (including phenoxy) is 1. The van der Waals surface area contributed by atoms with Crippen molar-refractivity contribution in [1.82, 2.24) is 5.32 Å². The van der Waals surface area contributed by atoms with Gasteiger partial charge < -0.3 is 10.1 Å². The standard InChI is InChI=1S/C19H21IN2O2S/c1-4-8-24-16-7-5-6-14(11-16)18(23)22-19(25)21-15-9-12(2)17(20)13(3)10-15/h5-7,9-11H,4,8H2,1-3H3,(H2,21,22,23,25). The van der Waals surface area contributed by atoms with Crippen molar-refractivity contribution in [3.05, 3.63) is 56.7 Å². The first kappa shape index (κ1) is 19.7. The lowest BCUT2D eigenvalue weighted by Crippen LogP contribution is -2.34. The molecule has 0 bridgehead atoms. The summed E-state index contributed by atoms with van der Waals surface area (Å²) in [4.78, 5) is 12.4. The van der Waals surface area contributed by atoms with E-state index in [-0.39, 0.29) is 11.0 Å². The maximum atomic E-state index is 12.4. The maximum absolute atomic E-state index is 12.4. The third kappa shape index (κ3) is 5.67. The van der Waals surface area contributed by atoms with Crippen LogP contribution in [0.2, 0.25) is 0 Å². The van der Waals surface area contributed by atoms with Gasteiger partial charge in [0.1, 0.15) is 5.75 Å². The normalized spacial score (nSPS) is 10.2. The molecule has 0 spiro atoms. The van der Waals surface area contributed by atoms with Crippen molar-refractivity contribution in [1.29, 1.82) is 0 Å². The Hall–Kier alpha value is -1.67. The lowest BCUT2D eigenvalue weighted by Gasteiger charge is -2.13. The lowest BCUT2D eigenvalue weighted by atomic mass is 10.1. The Morgan fingerprint density at radius 1 is 1.20 bits per heavy atom. The van der Waals surface area contributed by atoms with E-state index in [4.69, 9.17) is 17.0 Å². The van der Waals surface area contributed by atoms with Gasteiger partial charge in [-0.2, -0.15) is 0 Å². The highest BCUT2D eigenvalue weighted by Crippen LogP contribution is 2.21. The molecule has 0 saturated carbocycles. The first-order valence-corrected chi connectivity index (χ1v) is 9.51. The Kier molecular flexibility index (Phi) is 7.19. The maximum Gasteiger partial charge on any atom is 0.257 e. The molecular formula is C19H21IN2O2S. The summed E-state index contributed by atoms with van der Waals surface area (Å²) in [5, 5.41) is 6.04. The summed E-state index contributed by atoms with van der Waals surface area (Å²) in [6.45, 7) is 6.75. The number of benzene rings is 2. The van der Waals surface area contributed by atoms with Crippen molar-refractivity contribution in [3.8, 4) is 5.75 Å². The molecule has 2 aromatic rings. The minimum absolute atomic E-state index is 0.265. The second-order valence-electron chi connectivity index (χ2n) is 5.71. The van der Waals surface area contributed by atoms with Crippen molar-refractivity contribution in [2.24, 2.45) is 0 Å². The summed E-state index contributed by atoms with van der Waals surface area (Å²) in [6, 6.07) is 11.1. The lowest BCUT2D eigenvalue weighted by molar-refractivity contribution is 0.0977. The smallest absolute Gasteiger partial charge is 0.257 e. The van der Waals surface area contributed by atoms with E-state index in [0.29, 0.717) is 17.9 Å². The predicted molar refractivity (Wildman–Crippen MR) is 115 cm³/mol. The largest absolute Gasteiger partial charge is 0.494 e. The SMILES string of the molecule is CCCOc1cccc(C(=O)NC(=S)Nc2cc(C)c(I)c(C)c2)c1. The fourth-order valence-corrected chi connectivity index (χ4v) is 2.82. The summed E-state index contributed by atoms with van der Waals surface area (Å²) in [7, 11) is 0. The molecular weight excluding hydrogens is 447 g/mol. The first-order valence-electron chi connectivity index (χ1n) is 8.02.